The standard InChI is InChI=1S/C20H27N3O2/c1-16(23-10-5-6-11-23)20(25)21-19-14-22(12-9-18(19)15-24)13-17-7-3-2-4-8-17/h2-8,10-11,16,18-19,24H,9,12-15H2,1H3,(H,21,25). The zero-order valence-corrected chi connectivity index (χ0v) is 14.7. The van der Waals surface area contributed by atoms with E-state index in [1.165, 1.54) is 5.56 Å². The van der Waals surface area contributed by atoms with Gasteiger partial charge in [-0.1, -0.05) is 30.3 Å². The maximum absolute atomic E-state index is 12.6. The van der Waals surface area contributed by atoms with Gasteiger partial charge in [-0.2, -0.15) is 0 Å². The molecule has 5 nitrogen and oxygen atoms in total. The molecule has 134 valence electrons. The van der Waals surface area contributed by atoms with E-state index in [9.17, 15) is 9.90 Å². The molecule has 0 spiro atoms. The van der Waals surface area contributed by atoms with Crippen molar-refractivity contribution in [2.75, 3.05) is 19.7 Å². The van der Waals surface area contributed by atoms with Gasteiger partial charge in [-0.25, -0.2) is 0 Å². The highest BCUT2D eigenvalue weighted by molar-refractivity contribution is 5.80. The molecule has 1 fully saturated rings. The molecule has 2 aromatic rings. The van der Waals surface area contributed by atoms with E-state index in [1.54, 1.807) is 0 Å². The van der Waals surface area contributed by atoms with Crippen molar-refractivity contribution in [2.24, 2.45) is 5.92 Å². The maximum atomic E-state index is 12.6. The molecule has 2 N–H and O–H groups in total. The summed E-state index contributed by atoms with van der Waals surface area (Å²) in [5.74, 6) is 0.119. The number of hydrogen-bond acceptors (Lipinski definition) is 3. The monoisotopic (exact) mass is 341 g/mol. The largest absolute Gasteiger partial charge is 0.396 e. The minimum Gasteiger partial charge on any atom is -0.396 e. The number of aromatic nitrogens is 1. The minimum atomic E-state index is -0.251. The lowest BCUT2D eigenvalue weighted by atomic mass is 9.91. The van der Waals surface area contributed by atoms with Crippen molar-refractivity contribution >= 4 is 5.91 Å². The second-order valence-electron chi connectivity index (χ2n) is 6.87. The number of carbonyl (C=O) groups is 1. The number of carbonyl (C=O) groups excluding carboxylic acids is 1. The van der Waals surface area contributed by atoms with Gasteiger partial charge in [-0.3, -0.25) is 9.69 Å². The lowest BCUT2D eigenvalue weighted by Gasteiger charge is -2.38. The number of piperidine rings is 1. The number of rotatable bonds is 6. The van der Waals surface area contributed by atoms with Crippen LogP contribution in [0.2, 0.25) is 0 Å². The highest BCUT2D eigenvalue weighted by Gasteiger charge is 2.31. The minimum absolute atomic E-state index is 0.00112. The molecule has 3 unspecified atom stereocenters. The fraction of sp³-hybridized carbons (Fsp3) is 0.450. The first-order chi connectivity index (χ1) is 12.2. The first-order valence-electron chi connectivity index (χ1n) is 8.97. The summed E-state index contributed by atoms with van der Waals surface area (Å²) in [5.41, 5.74) is 1.27. The Morgan fingerprint density at radius 3 is 2.64 bits per heavy atom. The van der Waals surface area contributed by atoms with Gasteiger partial charge in [0.15, 0.2) is 0 Å². The third-order valence-corrected chi connectivity index (χ3v) is 5.11. The summed E-state index contributed by atoms with van der Waals surface area (Å²) in [5, 5.41) is 12.9. The summed E-state index contributed by atoms with van der Waals surface area (Å²) >= 11 is 0. The fourth-order valence-electron chi connectivity index (χ4n) is 3.48. The smallest absolute Gasteiger partial charge is 0.243 e. The van der Waals surface area contributed by atoms with E-state index in [1.807, 2.05) is 54.2 Å². The molecule has 3 atom stereocenters. The topological polar surface area (TPSA) is 57.5 Å². The van der Waals surface area contributed by atoms with Crippen molar-refractivity contribution in [3.05, 3.63) is 60.4 Å². The van der Waals surface area contributed by atoms with Crippen molar-refractivity contribution in [3.63, 3.8) is 0 Å². The molecule has 2 heterocycles. The highest BCUT2D eigenvalue weighted by atomic mass is 16.3. The molecular weight excluding hydrogens is 314 g/mol. The summed E-state index contributed by atoms with van der Waals surface area (Å²) in [6.45, 7) is 4.60. The number of nitrogens with zero attached hydrogens (tertiary/aromatic N) is 2. The summed E-state index contributed by atoms with van der Waals surface area (Å²) in [7, 11) is 0. The number of nitrogens with one attached hydrogen (secondary N) is 1. The van der Waals surface area contributed by atoms with Crippen molar-refractivity contribution < 1.29 is 9.90 Å². The van der Waals surface area contributed by atoms with Crippen LogP contribution >= 0.6 is 0 Å². The number of likely N-dealkylation sites (tertiary alicyclic amines) is 1. The molecule has 3 rings (SSSR count). The Bertz CT molecular complexity index is 657. The average molecular weight is 341 g/mol. The lowest BCUT2D eigenvalue weighted by Crippen LogP contribution is -2.54. The second-order valence-corrected chi connectivity index (χ2v) is 6.87. The summed E-state index contributed by atoms with van der Waals surface area (Å²) in [6, 6.07) is 13.9. The Labute approximate surface area is 149 Å². The summed E-state index contributed by atoms with van der Waals surface area (Å²) in [4.78, 5) is 15.0. The number of amides is 1. The Kier molecular flexibility index (Phi) is 5.89. The van der Waals surface area contributed by atoms with Crippen LogP contribution in [0, 0.1) is 5.92 Å². The molecule has 1 aromatic heterocycles. The molecule has 5 heteroatoms. The van der Waals surface area contributed by atoms with Gasteiger partial charge in [-0.15, -0.1) is 0 Å². The second kappa shape index (κ2) is 8.32. The molecule has 0 aliphatic carbocycles. The van der Waals surface area contributed by atoms with Crippen LogP contribution in [-0.2, 0) is 11.3 Å². The van der Waals surface area contributed by atoms with E-state index in [4.69, 9.17) is 0 Å². The van der Waals surface area contributed by atoms with E-state index in [-0.39, 0.29) is 30.5 Å². The van der Waals surface area contributed by atoms with Crippen LogP contribution in [0.5, 0.6) is 0 Å². The summed E-state index contributed by atoms with van der Waals surface area (Å²) < 4.78 is 1.90. The van der Waals surface area contributed by atoms with Crippen LogP contribution in [-0.4, -0.2) is 46.2 Å². The molecule has 25 heavy (non-hydrogen) atoms. The van der Waals surface area contributed by atoms with Crippen LogP contribution in [0.1, 0.15) is 24.9 Å². The van der Waals surface area contributed by atoms with Crippen LogP contribution < -0.4 is 5.32 Å². The van der Waals surface area contributed by atoms with Gasteiger partial charge in [-0.05, 0) is 37.6 Å². The molecule has 1 aliphatic rings. The molecule has 1 amide bonds. The lowest BCUT2D eigenvalue weighted by molar-refractivity contribution is -0.125. The average Bonchev–Trinajstić information content (AvgIpc) is 3.17. The van der Waals surface area contributed by atoms with Gasteiger partial charge in [0.1, 0.15) is 6.04 Å². The van der Waals surface area contributed by atoms with E-state index >= 15 is 0 Å². The van der Waals surface area contributed by atoms with Gasteiger partial charge < -0.3 is 15.0 Å². The predicted molar refractivity (Wildman–Crippen MR) is 98.0 cm³/mol. The van der Waals surface area contributed by atoms with E-state index in [0.717, 1.165) is 26.1 Å². The first kappa shape index (κ1) is 17.7. The van der Waals surface area contributed by atoms with E-state index in [0.29, 0.717) is 0 Å². The molecule has 1 saturated heterocycles. The molecule has 0 bridgehead atoms. The van der Waals surface area contributed by atoms with Crippen molar-refractivity contribution in [1.82, 2.24) is 14.8 Å². The van der Waals surface area contributed by atoms with Crippen LogP contribution in [0.25, 0.3) is 0 Å². The third kappa shape index (κ3) is 4.50. The summed E-state index contributed by atoms with van der Waals surface area (Å²) in [6.07, 6.45) is 4.69. The van der Waals surface area contributed by atoms with E-state index in [2.05, 4.69) is 22.3 Å². The Balaban J connectivity index is 1.62. The van der Waals surface area contributed by atoms with Crippen molar-refractivity contribution in [3.8, 4) is 0 Å². The fourth-order valence-corrected chi connectivity index (χ4v) is 3.48. The maximum Gasteiger partial charge on any atom is 0.243 e. The Hall–Kier alpha value is -2.11. The van der Waals surface area contributed by atoms with Gasteiger partial charge >= 0.3 is 0 Å². The molecule has 1 aliphatic heterocycles. The Morgan fingerprint density at radius 2 is 1.96 bits per heavy atom. The SMILES string of the molecule is CC(C(=O)NC1CN(Cc2ccccc2)CCC1CO)n1cccc1. The Morgan fingerprint density at radius 1 is 1.24 bits per heavy atom. The number of aliphatic hydroxyl groups excluding tert-OH is 1. The molecule has 1 aromatic carbocycles. The molecular formula is C20H27N3O2. The number of aliphatic hydroxyl groups is 1. The zero-order chi connectivity index (χ0) is 17.6. The number of benzene rings is 1. The third-order valence-electron chi connectivity index (χ3n) is 5.11. The zero-order valence-electron chi connectivity index (χ0n) is 14.7. The predicted octanol–water partition coefficient (Wildman–Crippen LogP) is 2.05. The normalized spacial score (nSPS) is 22.5. The van der Waals surface area contributed by atoms with Crippen LogP contribution in [0.3, 0.4) is 0 Å². The quantitative estimate of drug-likeness (QED) is 0.845. The highest BCUT2D eigenvalue weighted by Crippen LogP contribution is 2.20. The van der Waals surface area contributed by atoms with Crippen molar-refractivity contribution in [2.45, 2.75) is 32.0 Å². The van der Waals surface area contributed by atoms with Gasteiger partial charge in [0.05, 0.1) is 0 Å². The van der Waals surface area contributed by atoms with Gasteiger partial charge in [0.2, 0.25) is 5.91 Å². The van der Waals surface area contributed by atoms with Crippen molar-refractivity contribution in [1.29, 1.82) is 0 Å². The van der Waals surface area contributed by atoms with E-state index < -0.39 is 0 Å². The molecule has 0 radical (unpaired) electrons. The first-order valence-corrected chi connectivity index (χ1v) is 8.97. The van der Waals surface area contributed by atoms with Crippen LogP contribution in [0.4, 0.5) is 0 Å². The van der Waals surface area contributed by atoms with Crippen LogP contribution in [0.15, 0.2) is 54.9 Å². The number of hydrogen-bond donors (Lipinski definition) is 2. The van der Waals surface area contributed by atoms with Gasteiger partial charge in [0.25, 0.3) is 0 Å². The molecule has 0 saturated carbocycles. The van der Waals surface area contributed by atoms with Gasteiger partial charge in [0, 0.05) is 44.0 Å².